The molecule has 0 fully saturated rings. The molecule has 0 unspecified atom stereocenters. The van der Waals surface area contributed by atoms with Crippen LogP contribution >= 0.6 is 0 Å². The van der Waals surface area contributed by atoms with Crippen LogP contribution in [0.1, 0.15) is 29.4 Å². The highest BCUT2D eigenvalue weighted by atomic mass is 16.1. The van der Waals surface area contributed by atoms with Gasteiger partial charge in [-0.3, -0.25) is 9.48 Å². The van der Waals surface area contributed by atoms with Gasteiger partial charge in [-0.15, -0.1) is 0 Å². The van der Waals surface area contributed by atoms with E-state index in [0.29, 0.717) is 11.3 Å². The fraction of sp³-hybridized carbons (Fsp3) is 0.188. The molecule has 3 aromatic rings. The molecule has 0 aliphatic carbocycles. The van der Waals surface area contributed by atoms with E-state index in [9.17, 15) is 4.79 Å². The van der Waals surface area contributed by atoms with Gasteiger partial charge in [-0.2, -0.15) is 5.10 Å². The van der Waals surface area contributed by atoms with Crippen molar-refractivity contribution < 1.29 is 4.79 Å². The SMILES string of the molecule is CCCn1cc(C(=O)c2ccc3ccccc3n2)cn1. The number of nitrogens with zero attached hydrogens (tertiary/aromatic N) is 3. The monoisotopic (exact) mass is 265 g/mol. The first-order valence-corrected chi connectivity index (χ1v) is 6.71. The summed E-state index contributed by atoms with van der Waals surface area (Å²) in [5, 5.41) is 5.22. The van der Waals surface area contributed by atoms with Crippen LogP contribution in [-0.2, 0) is 6.54 Å². The standard InChI is InChI=1S/C16H15N3O/c1-2-9-19-11-13(10-17-19)16(20)15-8-7-12-5-3-4-6-14(12)18-15/h3-8,10-11H,2,9H2,1H3. The van der Waals surface area contributed by atoms with Crippen molar-refractivity contribution >= 4 is 16.7 Å². The summed E-state index contributed by atoms with van der Waals surface area (Å²) in [6, 6.07) is 11.5. The maximum absolute atomic E-state index is 12.4. The quantitative estimate of drug-likeness (QED) is 0.681. The molecule has 0 aliphatic heterocycles. The summed E-state index contributed by atoms with van der Waals surface area (Å²) in [5.74, 6) is -0.0851. The minimum absolute atomic E-state index is 0.0851. The number of ketones is 1. The summed E-state index contributed by atoms with van der Waals surface area (Å²) in [4.78, 5) is 16.8. The van der Waals surface area contributed by atoms with Crippen LogP contribution in [0.2, 0.25) is 0 Å². The van der Waals surface area contributed by atoms with E-state index in [2.05, 4.69) is 17.0 Å². The van der Waals surface area contributed by atoms with Gasteiger partial charge in [-0.1, -0.05) is 31.2 Å². The predicted octanol–water partition coefficient (Wildman–Crippen LogP) is 3.07. The van der Waals surface area contributed by atoms with Crippen molar-refractivity contribution in [3.05, 3.63) is 60.0 Å². The Labute approximate surface area is 117 Å². The molecule has 3 rings (SSSR count). The maximum atomic E-state index is 12.4. The molecule has 100 valence electrons. The number of benzene rings is 1. The zero-order valence-corrected chi connectivity index (χ0v) is 11.3. The Kier molecular flexibility index (Phi) is 3.29. The molecule has 0 radical (unpaired) electrons. The summed E-state index contributed by atoms with van der Waals surface area (Å²) in [6.07, 6.45) is 4.38. The third kappa shape index (κ3) is 2.32. The van der Waals surface area contributed by atoms with Crippen LogP contribution < -0.4 is 0 Å². The van der Waals surface area contributed by atoms with Gasteiger partial charge in [0.2, 0.25) is 5.78 Å². The number of hydrogen-bond acceptors (Lipinski definition) is 3. The first-order chi connectivity index (χ1) is 9.78. The highest BCUT2D eigenvalue weighted by Crippen LogP contribution is 2.14. The number of pyridine rings is 1. The minimum atomic E-state index is -0.0851. The van der Waals surface area contributed by atoms with E-state index < -0.39 is 0 Å². The fourth-order valence-electron chi connectivity index (χ4n) is 2.17. The minimum Gasteiger partial charge on any atom is -0.287 e. The van der Waals surface area contributed by atoms with Crippen molar-refractivity contribution in [2.75, 3.05) is 0 Å². The van der Waals surface area contributed by atoms with Gasteiger partial charge in [0.15, 0.2) is 0 Å². The second-order valence-corrected chi connectivity index (χ2v) is 4.71. The van der Waals surface area contributed by atoms with Crippen LogP contribution in [0.3, 0.4) is 0 Å². The first-order valence-electron chi connectivity index (χ1n) is 6.71. The summed E-state index contributed by atoms with van der Waals surface area (Å²) < 4.78 is 1.79. The van der Waals surface area contributed by atoms with Gasteiger partial charge in [0.25, 0.3) is 0 Å². The van der Waals surface area contributed by atoms with Crippen molar-refractivity contribution in [1.29, 1.82) is 0 Å². The molecule has 0 spiro atoms. The largest absolute Gasteiger partial charge is 0.287 e. The van der Waals surface area contributed by atoms with E-state index in [-0.39, 0.29) is 5.78 Å². The lowest BCUT2D eigenvalue weighted by atomic mass is 10.1. The first kappa shape index (κ1) is 12.5. The number of carbonyl (C=O) groups excluding carboxylic acids is 1. The third-order valence-corrected chi connectivity index (χ3v) is 3.18. The summed E-state index contributed by atoms with van der Waals surface area (Å²) >= 11 is 0. The molecule has 2 aromatic heterocycles. The molecule has 2 heterocycles. The summed E-state index contributed by atoms with van der Waals surface area (Å²) in [6.45, 7) is 2.90. The van der Waals surface area contributed by atoms with Gasteiger partial charge >= 0.3 is 0 Å². The van der Waals surface area contributed by atoms with E-state index in [0.717, 1.165) is 23.9 Å². The molecule has 0 saturated heterocycles. The van der Waals surface area contributed by atoms with Gasteiger partial charge < -0.3 is 0 Å². The second kappa shape index (κ2) is 5.25. The zero-order valence-electron chi connectivity index (χ0n) is 11.3. The fourth-order valence-corrected chi connectivity index (χ4v) is 2.17. The lowest BCUT2D eigenvalue weighted by molar-refractivity contribution is 0.103. The predicted molar refractivity (Wildman–Crippen MR) is 77.7 cm³/mol. The second-order valence-electron chi connectivity index (χ2n) is 4.71. The number of aromatic nitrogens is 3. The molecule has 1 aromatic carbocycles. The van der Waals surface area contributed by atoms with E-state index in [1.165, 1.54) is 0 Å². The summed E-state index contributed by atoms with van der Waals surface area (Å²) in [5.41, 5.74) is 1.88. The number of aryl methyl sites for hydroxylation is 1. The molecule has 20 heavy (non-hydrogen) atoms. The maximum Gasteiger partial charge on any atom is 0.214 e. The Hall–Kier alpha value is -2.49. The lowest BCUT2D eigenvalue weighted by Gasteiger charge is -2.00. The van der Waals surface area contributed by atoms with Crippen LogP contribution in [0.15, 0.2) is 48.8 Å². The number of carbonyl (C=O) groups is 1. The van der Waals surface area contributed by atoms with Gasteiger partial charge in [0.05, 0.1) is 17.3 Å². The Morgan fingerprint density at radius 1 is 1.20 bits per heavy atom. The van der Waals surface area contributed by atoms with Crippen LogP contribution in [-0.4, -0.2) is 20.5 Å². The molecule has 0 aliphatic rings. The average Bonchev–Trinajstić information content (AvgIpc) is 2.95. The Bertz CT molecular complexity index is 761. The Morgan fingerprint density at radius 2 is 2.05 bits per heavy atom. The van der Waals surface area contributed by atoms with Crippen LogP contribution in [0.4, 0.5) is 0 Å². The molecule has 0 N–H and O–H groups in total. The lowest BCUT2D eigenvalue weighted by Crippen LogP contribution is -2.03. The molecule has 0 amide bonds. The smallest absolute Gasteiger partial charge is 0.214 e. The van der Waals surface area contributed by atoms with Crippen molar-refractivity contribution in [2.45, 2.75) is 19.9 Å². The van der Waals surface area contributed by atoms with Crippen LogP contribution in [0, 0.1) is 0 Å². The van der Waals surface area contributed by atoms with E-state index in [1.807, 2.05) is 30.3 Å². The van der Waals surface area contributed by atoms with Crippen LogP contribution in [0.25, 0.3) is 10.9 Å². The molecular weight excluding hydrogens is 250 g/mol. The van der Waals surface area contributed by atoms with Crippen LogP contribution in [0.5, 0.6) is 0 Å². The van der Waals surface area contributed by atoms with Gasteiger partial charge in [-0.05, 0) is 18.6 Å². The van der Waals surface area contributed by atoms with Crippen molar-refractivity contribution in [1.82, 2.24) is 14.8 Å². The number of rotatable bonds is 4. The van der Waals surface area contributed by atoms with Crippen molar-refractivity contribution in [2.24, 2.45) is 0 Å². The molecule has 0 bridgehead atoms. The van der Waals surface area contributed by atoms with Crippen molar-refractivity contribution in [3.8, 4) is 0 Å². The molecule has 0 atom stereocenters. The topological polar surface area (TPSA) is 47.8 Å². The summed E-state index contributed by atoms with van der Waals surface area (Å²) in [7, 11) is 0. The number of fused-ring (bicyclic) bond motifs is 1. The number of hydrogen-bond donors (Lipinski definition) is 0. The van der Waals surface area contributed by atoms with Crippen molar-refractivity contribution in [3.63, 3.8) is 0 Å². The molecule has 4 nitrogen and oxygen atoms in total. The van der Waals surface area contributed by atoms with Gasteiger partial charge in [0, 0.05) is 18.1 Å². The normalized spacial score (nSPS) is 10.8. The highest BCUT2D eigenvalue weighted by Gasteiger charge is 2.13. The van der Waals surface area contributed by atoms with E-state index >= 15 is 0 Å². The third-order valence-electron chi connectivity index (χ3n) is 3.18. The van der Waals surface area contributed by atoms with Gasteiger partial charge in [0.1, 0.15) is 5.69 Å². The highest BCUT2D eigenvalue weighted by molar-refractivity contribution is 6.08. The molecule has 4 heteroatoms. The zero-order chi connectivity index (χ0) is 13.9. The molecular formula is C16H15N3O. The van der Waals surface area contributed by atoms with E-state index in [1.54, 1.807) is 23.1 Å². The number of para-hydroxylation sites is 1. The molecule has 0 saturated carbocycles. The Balaban J connectivity index is 1.94. The Morgan fingerprint density at radius 3 is 2.90 bits per heavy atom. The van der Waals surface area contributed by atoms with E-state index in [4.69, 9.17) is 0 Å². The van der Waals surface area contributed by atoms with Gasteiger partial charge in [-0.25, -0.2) is 4.98 Å². The average molecular weight is 265 g/mol.